The molecule has 0 atom stereocenters. The van der Waals surface area contributed by atoms with Gasteiger partial charge in [-0.2, -0.15) is 11.8 Å². The van der Waals surface area contributed by atoms with Crippen LogP contribution in [0.1, 0.15) is 49.2 Å². The predicted octanol–water partition coefficient (Wildman–Crippen LogP) is 3.88. The van der Waals surface area contributed by atoms with Gasteiger partial charge < -0.3 is 5.32 Å². The summed E-state index contributed by atoms with van der Waals surface area (Å²) in [6, 6.07) is 0. The lowest BCUT2D eigenvalue weighted by molar-refractivity contribution is 0.552. The van der Waals surface area contributed by atoms with E-state index in [0.717, 1.165) is 18.8 Å². The molecule has 0 unspecified atom stereocenters. The highest BCUT2D eigenvalue weighted by atomic mass is 32.2. The fourth-order valence-electron chi connectivity index (χ4n) is 1.65. The Labute approximate surface area is 114 Å². The van der Waals surface area contributed by atoms with Crippen molar-refractivity contribution in [3.63, 3.8) is 0 Å². The Morgan fingerprint density at radius 2 is 2.00 bits per heavy atom. The summed E-state index contributed by atoms with van der Waals surface area (Å²) in [6.07, 6.45) is 2.13. The zero-order valence-electron chi connectivity index (χ0n) is 11.5. The molecule has 1 aromatic rings. The molecule has 0 saturated heterocycles. The standard InChI is InChI=1S/C13H24N2S2/c1-9(2)6-14-7-11-13(10(3)4)15-12(17-11)8-16-5/h9-10,14H,6-8H2,1-5H3. The number of aromatic nitrogens is 1. The zero-order valence-corrected chi connectivity index (χ0v) is 13.2. The van der Waals surface area contributed by atoms with Crippen LogP contribution in [-0.4, -0.2) is 17.8 Å². The molecule has 17 heavy (non-hydrogen) atoms. The number of nitrogens with one attached hydrogen (secondary N) is 1. The van der Waals surface area contributed by atoms with Gasteiger partial charge in [-0.25, -0.2) is 4.98 Å². The second kappa shape index (κ2) is 7.39. The summed E-state index contributed by atoms with van der Waals surface area (Å²) in [4.78, 5) is 6.18. The van der Waals surface area contributed by atoms with E-state index in [1.165, 1.54) is 15.6 Å². The third-order valence-electron chi connectivity index (χ3n) is 2.42. The highest BCUT2D eigenvalue weighted by Gasteiger charge is 2.13. The summed E-state index contributed by atoms with van der Waals surface area (Å²) in [5.74, 6) is 2.27. The van der Waals surface area contributed by atoms with Crippen molar-refractivity contribution in [2.45, 2.75) is 45.9 Å². The van der Waals surface area contributed by atoms with E-state index in [1.54, 1.807) is 0 Å². The van der Waals surface area contributed by atoms with E-state index in [2.05, 4.69) is 39.3 Å². The van der Waals surface area contributed by atoms with Crippen LogP contribution >= 0.6 is 23.1 Å². The normalized spacial score (nSPS) is 11.7. The van der Waals surface area contributed by atoms with Gasteiger partial charge in [0.25, 0.3) is 0 Å². The lowest BCUT2D eigenvalue weighted by Crippen LogP contribution is -2.19. The molecule has 1 N–H and O–H groups in total. The Balaban J connectivity index is 2.67. The number of hydrogen-bond donors (Lipinski definition) is 1. The number of nitrogens with zero attached hydrogens (tertiary/aromatic N) is 1. The molecule has 0 aliphatic carbocycles. The van der Waals surface area contributed by atoms with Crippen molar-refractivity contribution in [3.8, 4) is 0 Å². The van der Waals surface area contributed by atoms with Gasteiger partial charge >= 0.3 is 0 Å². The molecule has 0 fully saturated rings. The highest BCUT2D eigenvalue weighted by Crippen LogP contribution is 2.27. The average Bonchev–Trinajstić information content (AvgIpc) is 2.61. The largest absolute Gasteiger partial charge is 0.312 e. The molecule has 0 bridgehead atoms. The molecule has 0 aromatic carbocycles. The minimum atomic E-state index is 0.526. The summed E-state index contributed by atoms with van der Waals surface area (Å²) < 4.78 is 0. The topological polar surface area (TPSA) is 24.9 Å². The van der Waals surface area contributed by atoms with Crippen LogP contribution in [0.15, 0.2) is 0 Å². The van der Waals surface area contributed by atoms with Crippen molar-refractivity contribution in [1.29, 1.82) is 0 Å². The number of thioether (sulfide) groups is 1. The van der Waals surface area contributed by atoms with Crippen LogP contribution in [0, 0.1) is 5.92 Å². The van der Waals surface area contributed by atoms with E-state index in [-0.39, 0.29) is 0 Å². The van der Waals surface area contributed by atoms with Gasteiger partial charge in [-0.1, -0.05) is 27.7 Å². The fourth-order valence-corrected chi connectivity index (χ4v) is 3.54. The van der Waals surface area contributed by atoms with Crippen molar-refractivity contribution < 1.29 is 0 Å². The van der Waals surface area contributed by atoms with E-state index < -0.39 is 0 Å². The second-order valence-corrected chi connectivity index (χ2v) is 7.06. The smallest absolute Gasteiger partial charge is 0.103 e. The average molecular weight is 272 g/mol. The summed E-state index contributed by atoms with van der Waals surface area (Å²) in [7, 11) is 0. The van der Waals surface area contributed by atoms with E-state index in [9.17, 15) is 0 Å². The lowest BCUT2D eigenvalue weighted by atomic mass is 10.1. The minimum Gasteiger partial charge on any atom is -0.312 e. The van der Waals surface area contributed by atoms with Crippen molar-refractivity contribution >= 4 is 23.1 Å². The Hall–Kier alpha value is -0.0600. The third kappa shape index (κ3) is 4.98. The van der Waals surface area contributed by atoms with Crippen LogP contribution in [0.2, 0.25) is 0 Å². The molecule has 0 aliphatic heterocycles. The summed E-state index contributed by atoms with van der Waals surface area (Å²) in [5, 5.41) is 4.78. The quantitative estimate of drug-likeness (QED) is 0.815. The molecule has 0 radical (unpaired) electrons. The van der Waals surface area contributed by atoms with Crippen molar-refractivity contribution in [1.82, 2.24) is 10.3 Å². The monoisotopic (exact) mass is 272 g/mol. The molecule has 1 heterocycles. The third-order valence-corrected chi connectivity index (χ3v) is 4.24. The van der Waals surface area contributed by atoms with Crippen LogP contribution in [0.5, 0.6) is 0 Å². The molecule has 98 valence electrons. The van der Waals surface area contributed by atoms with Crippen LogP contribution in [-0.2, 0) is 12.3 Å². The van der Waals surface area contributed by atoms with Crippen molar-refractivity contribution in [2.75, 3.05) is 12.8 Å². The maximum Gasteiger partial charge on any atom is 0.103 e. The van der Waals surface area contributed by atoms with Gasteiger partial charge in [0.05, 0.1) is 5.69 Å². The molecule has 0 aliphatic rings. The van der Waals surface area contributed by atoms with Gasteiger partial charge in [0.2, 0.25) is 0 Å². The van der Waals surface area contributed by atoms with Gasteiger partial charge in [0, 0.05) is 17.2 Å². The molecule has 4 heteroatoms. The van der Waals surface area contributed by atoms with Gasteiger partial charge in [-0.15, -0.1) is 11.3 Å². The lowest BCUT2D eigenvalue weighted by Gasteiger charge is -2.08. The van der Waals surface area contributed by atoms with E-state index in [0.29, 0.717) is 11.8 Å². The molecular weight excluding hydrogens is 248 g/mol. The first-order chi connectivity index (χ1) is 8.04. The Bertz CT molecular complexity index is 332. The van der Waals surface area contributed by atoms with E-state index >= 15 is 0 Å². The van der Waals surface area contributed by atoms with E-state index in [1.807, 2.05) is 23.1 Å². The molecular formula is C13H24N2S2. The molecule has 2 nitrogen and oxygen atoms in total. The second-order valence-electron chi connectivity index (χ2n) is 5.03. The van der Waals surface area contributed by atoms with Gasteiger partial charge in [0.15, 0.2) is 0 Å². The number of rotatable bonds is 7. The van der Waals surface area contributed by atoms with Gasteiger partial charge in [0.1, 0.15) is 5.01 Å². The maximum atomic E-state index is 4.75. The van der Waals surface area contributed by atoms with Crippen LogP contribution < -0.4 is 5.32 Å². The maximum absolute atomic E-state index is 4.75. The minimum absolute atomic E-state index is 0.526. The fraction of sp³-hybridized carbons (Fsp3) is 0.769. The van der Waals surface area contributed by atoms with Crippen molar-refractivity contribution in [2.24, 2.45) is 5.92 Å². The van der Waals surface area contributed by atoms with Crippen LogP contribution in [0.25, 0.3) is 0 Å². The summed E-state index contributed by atoms with van der Waals surface area (Å²) in [5.41, 5.74) is 1.29. The Morgan fingerprint density at radius 1 is 1.29 bits per heavy atom. The number of thiazole rings is 1. The molecule has 0 spiro atoms. The Morgan fingerprint density at radius 3 is 2.53 bits per heavy atom. The molecule has 1 rings (SSSR count). The molecule has 1 aromatic heterocycles. The summed E-state index contributed by atoms with van der Waals surface area (Å²) >= 11 is 3.71. The summed E-state index contributed by atoms with van der Waals surface area (Å²) in [6.45, 7) is 11.0. The zero-order chi connectivity index (χ0) is 12.8. The predicted molar refractivity (Wildman–Crippen MR) is 80.0 cm³/mol. The Kier molecular flexibility index (Phi) is 6.52. The van der Waals surface area contributed by atoms with Crippen molar-refractivity contribution in [3.05, 3.63) is 15.6 Å². The first-order valence-electron chi connectivity index (χ1n) is 6.22. The van der Waals surface area contributed by atoms with Crippen LogP contribution in [0.3, 0.4) is 0 Å². The van der Waals surface area contributed by atoms with Crippen LogP contribution in [0.4, 0.5) is 0 Å². The van der Waals surface area contributed by atoms with E-state index in [4.69, 9.17) is 4.98 Å². The first kappa shape index (κ1) is 15.0. The molecule has 0 amide bonds. The number of hydrogen-bond acceptors (Lipinski definition) is 4. The SMILES string of the molecule is CSCc1nc(C(C)C)c(CNCC(C)C)s1. The first-order valence-corrected chi connectivity index (χ1v) is 8.43. The molecule has 0 saturated carbocycles. The van der Waals surface area contributed by atoms with Gasteiger partial charge in [-0.3, -0.25) is 0 Å². The van der Waals surface area contributed by atoms with Gasteiger partial charge in [-0.05, 0) is 24.6 Å². The highest BCUT2D eigenvalue weighted by molar-refractivity contribution is 7.97.